The van der Waals surface area contributed by atoms with Gasteiger partial charge in [-0.15, -0.1) is 0 Å². The molecule has 0 radical (unpaired) electrons. The van der Waals surface area contributed by atoms with Crippen LogP contribution in [0.25, 0.3) is 10.9 Å². The fourth-order valence-corrected chi connectivity index (χ4v) is 9.31. The number of carbonyl (C=O) groups excluding carboxylic acids is 1. The van der Waals surface area contributed by atoms with Gasteiger partial charge < -0.3 is 5.11 Å². The van der Waals surface area contributed by atoms with Gasteiger partial charge in [0.2, 0.25) is 0 Å². The number of hydrogen-bond acceptors (Lipinski definition) is 3. The number of ketones is 1. The minimum absolute atomic E-state index is 0.0292. The Kier molecular flexibility index (Phi) is 5.63. The Hall–Kier alpha value is -1.82. The van der Waals surface area contributed by atoms with Gasteiger partial charge in [-0.2, -0.15) is 5.10 Å². The zero-order valence-electron chi connectivity index (χ0n) is 20.9. The van der Waals surface area contributed by atoms with Crippen LogP contribution in [-0.4, -0.2) is 32.7 Å². The van der Waals surface area contributed by atoms with Gasteiger partial charge in [0.05, 0.1) is 11.2 Å². The van der Waals surface area contributed by atoms with Crippen molar-refractivity contribution in [2.24, 2.45) is 40.9 Å². The SMILES string of the molecule is Cc1nn(CC(=O)[C@H]2CC[C@H]3[C@@H]4CC[C@@H]5C[C@@](O)(C(F)F)CC[C@@H]5[C@H]4CC[C@]23C)c2ccccc12. The zero-order chi connectivity index (χ0) is 24.5. The van der Waals surface area contributed by atoms with Crippen LogP contribution < -0.4 is 0 Å². The van der Waals surface area contributed by atoms with Gasteiger partial charge in [0.25, 0.3) is 6.43 Å². The Bertz CT molecular complexity index is 1130. The second kappa shape index (κ2) is 8.36. The lowest BCUT2D eigenvalue weighted by Gasteiger charge is -2.57. The van der Waals surface area contributed by atoms with Crippen LogP contribution in [0.5, 0.6) is 0 Å². The fourth-order valence-electron chi connectivity index (χ4n) is 9.31. The summed E-state index contributed by atoms with van der Waals surface area (Å²) >= 11 is 0. The summed E-state index contributed by atoms with van der Waals surface area (Å²) in [6.45, 7) is 4.70. The number of aliphatic hydroxyl groups is 1. The molecule has 8 atom stereocenters. The lowest BCUT2D eigenvalue weighted by atomic mass is 9.49. The van der Waals surface area contributed by atoms with Crippen LogP contribution in [0.4, 0.5) is 8.78 Å². The molecule has 4 nitrogen and oxygen atoms in total. The lowest BCUT2D eigenvalue weighted by molar-refractivity contribution is -0.160. The van der Waals surface area contributed by atoms with Crippen molar-refractivity contribution < 1.29 is 18.7 Å². The van der Waals surface area contributed by atoms with Gasteiger partial charge in [0.15, 0.2) is 5.78 Å². The van der Waals surface area contributed by atoms with E-state index in [-0.39, 0.29) is 30.1 Å². The third-order valence-corrected chi connectivity index (χ3v) is 11.0. The highest BCUT2D eigenvalue weighted by molar-refractivity contribution is 5.86. The second-order valence-electron chi connectivity index (χ2n) is 12.5. The van der Waals surface area contributed by atoms with Gasteiger partial charge in [0, 0.05) is 11.3 Å². The van der Waals surface area contributed by atoms with E-state index < -0.39 is 12.0 Å². The number of carbonyl (C=O) groups is 1. The van der Waals surface area contributed by atoms with E-state index >= 15 is 0 Å². The molecule has 4 aliphatic carbocycles. The van der Waals surface area contributed by atoms with Crippen molar-refractivity contribution in [1.29, 1.82) is 0 Å². The van der Waals surface area contributed by atoms with Crippen molar-refractivity contribution in [3.63, 3.8) is 0 Å². The molecule has 1 N–H and O–H groups in total. The predicted octanol–water partition coefficient (Wildman–Crippen LogP) is 6.18. The van der Waals surface area contributed by atoms with Gasteiger partial charge in [0.1, 0.15) is 12.1 Å². The molecule has 1 aromatic carbocycles. The molecule has 1 heterocycles. The van der Waals surface area contributed by atoms with Crippen molar-refractivity contribution in [2.45, 2.75) is 90.2 Å². The van der Waals surface area contributed by atoms with Crippen LogP contribution in [0.3, 0.4) is 0 Å². The molecule has 0 amide bonds. The van der Waals surface area contributed by atoms with Gasteiger partial charge >= 0.3 is 0 Å². The number of fused-ring (bicyclic) bond motifs is 6. The van der Waals surface area contributed by atoms with E-state index in [1.165, 1.54) is 0 Å². The largest absolute Gasteiger partial charge is 0.384 e. The van der Waals surface area contributed by atoms with Crippen LogP contribution in [0.1, 0.15) is 70.4 Å². The van der Waals surface area contributed by atoms with Crippen molar-refractivity contribution in [3.05, 3.63) is 30.0 Å². The molecule has 0 bridgehead atoms. The number of alkyl halides is 2. The summed E-state index contributed by atoms with van der Waals surface area (Å²) < 4.78 is 28.9. The fraction of sp³-hybridized carbons (Fsp3) is 0.724. The Labute approximate surface area is 206 Å². The van der Waals surface area contributed by atoms with Gasteiger partial charge in [-0.3, -0.25) is 9.48 Å². The minimum atomic E-state index is -2.65. The van der Waals surface area contributed by atoms with Crippen LogP contribution >= 0.6 is 0 Å². The zero-order valence-corrected chi connectivity index (χ0v) is 20.9. The number of hydrogen-bond donors (Lipinski definition) is 1. The molecular formula is C29H38F2N2O2. The van der Waals surface area contributed by atoms with Crippen LogP contribution in [-0.2, 0) is 11.3 Å². The highest BCUT2D eigenvalue weighted by Gasteiger charge is 2.59. The molecule has 6 rings (SSSR count). The molecule has 4 saturated carbocycles. The first-order valence-corrected chi connectivity index (χ1v) is 13.7. The Morgan fingerprint density at radius 3 is 2.66 bits per heavy atom. The number of halogens is 2. The summed E-state index contributed by atoms with van der Waals surface area (Å²) in [6.07, 6.45) is 4.80. The Morgan fingerprint density at radius 1 is 1.09 bits per heavy atom. The topological polar surface area (TPSA) is 55.1 Å². The molecule has 35 heavy (non-hydrogen) atoms. The van der Waals surface area contributed by atoms with E-state index in [1.54, 1.807) is 0 Å². The van der Waals surface area contributed by atoms with Crippen LogP contribution in [0.2, 0.25) is 0 Å². The maximum absolute atomic E-state index is 13.7. The minimum Gasteiger partial charge on any atom is -0.384 e. The first kappa shape index (κ1) is 23.6. The van der Waals surface area contributed by atoms with E-state index in [0.717, 1.165) is 61.5 Å². The summed E-state index contributed by atoms with van der Waals surface area (Å²) in [5.41, 5.74) is 0.243. The Morgan fingerprint density at radius 2 is 1.86 bits per heavy atom. The number of nitrogens with zero attached hydrogens (tertiary/aromatic N) is 2. The van der Waals surface area contributed by atoms with E-state index in [9.17, 15) is 18.7 Å². The van der Waals surface area contributed by atoms with E-state index in [0.29, 0.717) is 36.0 Å². The summed E-state index contributed by atoms with van der Waals surface area (Å²) in [5.74, 6) is 2.79. The maximum Gasteiger partial charge on any atom is 0.266 e. The number of aryl methyl sites for hydroxylation is 1. The summed E-state index contributed by atoms with van der Waals surface area (Å²) in [5, 5.41) is 16.3. The molecule has 0 aliphatic heterocycles. The summed E-state index contributed by atoms with van der Waals surface area (Å²) in [7, 11) is 0. The smallest absolute Gasteiger partial charge is 0.266 e. The normalized spacial score (nSPS) is 41.0. The maximum atomic E-state index is 13.7. The lowest BCUT2D eigenvalue weighted by Crippen LogP contribution is -2.53. The Balaban J connectivity index is 1.19. The first-order chi connectivity index (χ1) is 16.7. The van der Waals surface area contributed by atoms with Gasteiger partial charge in [-0.25, -0.2) is 8.78 Å². The van der Waals surface area contributed by atoms with Crippen molar-refractivity contribution in [1.82, 2.24) is 9.78 Å². The highest BCUT2D eigenvalue weighted by Crippen LogP contribution is 2.65. The number of Topliss-reactive ketones (excluding diaryl/α,β-unsaturated/α-hetero) is 1. The van der Waals surface area contributed by atoms with E-state index in [1.807, 2.05) is 29.8 Å². The third kappa shape index (κ3) is 3.60. The molecule has 4 fully saturated rings. The highest BCUT2D eigenvalue weighted by atomic mass is 19.3. The quantitative estimate of drug-likeness (QED) is 0.564. The number of para-hydroxylation sites is 1. The molecule has 0 saturated heterocycles. The average Bonchev–Trinajstić information content (AvgIpc) is 3.35. The van der Waals surface area contributed by atoms with Crippen molar-refractivity contribution >= 4 is 16.7 Å². The molecule has 0 unspecified atom stereocenters. The van der Waals surface area contributed by atoms with Crippen LogP contribution in [0.15, 0.2) is 24.3 Å². The molecule has 6 heteroatoms. The predicted molar refractivity (Wildman–Crippen MR) is 131 cm³/mol. The van der Waals surface area contributed by atoms with Gasteiger partial charge in [-0.1, -0.05) is 25.1 Å². The standard InChI is InChI=1S/C29H38F2N2O2/c1-17-19-5-3-4-6-25(19)33(32-17)16-26(34)24-10-9-23-22-8-7-18-15-29(35,27(30)31)14-12-20(18)21(22)11-13-28(23,24)2/h3-6,18,20-24,27,35H,7-16H2,1-2H3/t18-,20+,21-,22-,23+,24-,28+,29-/m1/s1. The third-order valence-electron chi connectivity index (χ3n) is 11.0. The molecular weight excluding hydrogens is 446 g/mol. The second-order valence-corrected chi connectivity index (χ2v) is 12.5. The molecule has 1 aromatic heterocycles. The summed E-state index contributed by atoms with van der Waals surface area (Å²) in [4.78, 5) is 13.7. The van der Waals surface area contributed by atoms with E-state index in [4.69, 9.17) is 0 Å². The molecule has 190 valence electrons. The average molecular weight is 485 g/mol. The summed E-state index contributed by atoms with van der Waals surface area (Å²) in [6, 6.07) is 8.13. The van der Waals surface area contributed by atoms with E-state index in [2.05, 4.69) is 18.1 Å². The number of rotatable bonds is 4. The van der Waals surface area contributed by atoms with Gasteiger partial charge in [-0.05, 0) is 106 Å². The monoisotopic (exact) mass is 484 g/mol. The first-order valence-electron chi connectivity index (χ1n) is 13.7. The molecule has 0 spiro atoms. The molecule has 2 aromatic rings. The number of benzene rings is 1. The molecule has 4 aliphatic rings. The van der Waals surface area contributed by atoms with Crippen molar-refractivity contribution in [3.8, 4) is 0 Å². The number of aromatic nitrogens is 2. The van der Waals surface area contributed by atoms with Crippen molar-refractivity contribution in [2.75, 3.05) is 0 Å². The van der Waals surface area contributed by atoms with Crippen LogP contribution in [0, 0.1) is 47.8 Å².